The van der Waals surface area contributed by atoms with Crippen LogP contribution < -0.4 is 10.6 Å². The largest absolute Gasteiger partial charge is 0.382 e. The van der Waals surface area contributed by atoms with Crippen LogP contribution in [0.3, 0.4) is 0 Å². The number of benzene rings is 1. The van der Waals surface area contributed by atoms with E-state index in [9.17, 15) is 0 Å². The number of aryl methyl sites for hydroxylation is 1. The fraction of sp³-hybridized carbons (Fsp3) is 0.235. The summed E-state index contributed by atoms with van der Waals surface area (Å²) in [6.07, 6.45) is 3.52. The Balaban J connectivity index is 1.81. The van der Waals surface area contributed by atoms with Gasteiger partial charge in [0.1, 0.15) is 6.33 Å². The number of rotatable bonds is 5. The van der Waals surface area contributed by atoms with Crippen LogP contribution in [0.25, 0.3) is 5.69 Å². The van der Waals surface area contributed by atoms with E-state index in [1.807, 2.05) is 49.5 Å². The monoisotopic (exact) mass is 308 g/mol. The molecule has 0 aliphatic rings. The first-order valence-corrected chi connectivity index (χ1v) is 7.59. The molecule has 118 valence electrons. The van der Waals surface area contributed by atoms with E-state index < -0.39 is 0 Å². The second-order valence-corrected chi connectivity index (χ2v) is 5.63. The van der Waals surface area contributed by atoms with E-state index in [1.165, 1.54) is 0 Å². The van der Waals surface area contributed by atoms with Gasteiger partial charge in [-0.15, -0.1) is 5.10 Å². The van der Waals surface area contributed by atoms with Gasteiger partial charge in [0.05, 0.1) is 29.0 Å². The summed E-state index contributed by atoms with van der Waals surface area (Å²) in [6.45, 7) is 6.14. The van der Waals surface area contributed by atoms with E-state index in [0.29, 0.717) is 12.0 Å². The predicted octanol–water partition coefficient (Wildman–Crippen LogP) is 3.53. The minimum absolute atomic E-state index is 0.350. The average Bonchev–Trinajstić information content (AvgIpc) is 3.00. The normalized spacial score (nSPS) is 10.8. The lowest BCUT2D eigenvalue weighted by Crippen LogP contribution is -2.10. The molecule has 23 heavy (non-hydrogen) atoms. The lowest BCUT2D eigenvalue weighted by atomic mass is 10.2. The van der Waals surface area contributed by atoms with Gasteiger partial charge in [-0.1, -0.05) is 18.2 Å². The molecular weight excluding hydrogens is 288 g/mol. The second-order valence-electron chi connectivity index (χ2n) is 5.63. The van der Waals surface area contributed by atoms with Gasteiger partial charge >= 0.3 is 0 Å². The molecule has 2 N–H and O–H groups in total. The van der Waals surface area contributed by atoms with Crippen molar-refractivity contribution in [3.05, 3.63) is 54.6 Å². The molecule has 0 saturated heterocycles. The molecular formula is C17H20N6. The molecule has 3 rings (SSSR count). The molecule has 0 radical (unpaired) electrons. The smallest absolute Gasteiger partial charge is 0.247 e. The maximum Gasteiger partial charge on any atom is 0.247 e. The van der Waals surface area contributed by atoms with Crippen molar-refractivity contribution in [2.24, 2.45) is 0 Å². The van der Waals surface area contributed by atoms with Gasteiger partial charge in [0.2, 0.25) is 5.95 Å². The topological polar surface area (TPSA) is 67.7 Å². The Kier molecular flexibility index (Phi) is 4.23. The van der Waals surface area contributed by atoms with Crippen molar-refractivity contribution >= 4 is 17.3 Å². The fourth-order valence-electron chi connectivity index (χ4n) is 2.22. The van der Waals surface area contributed by atoms with E-state index >= 15 is 0 Å². The third-order valence-electron chi connectivity index (χ3n) is 3.30. The Hall–Kier alpha value is -2.89. The summed E-state index contributed by atoms with van der Waals surface area (Å²) in [6, 6.07) is 12.3. The van der Waals surface area contributed by atoms with E-state index in [4.69, 9.17) is 0 Å². The van der Waals surface area contributed by atoms with Gasteiger partial charge in [0.25, 0.3) is 0 Å². The molecule has 0 bridgehead atoms. The maximum atomic E-state index is 4.45. The molecule has 0 unspecified atom stereocenters. The Morgan fingerprint density at radius 2 is 1.87 bits per heavy atom. The molecule has 0 atom stereocenters. The highest BCUT2D eigenvalue weighted by atomic mass is 15.4. The van der Waals surface area contributed by atoms with Crippen LogP contribution in [0.1, 0.15) is 19.5 Å². The zero-order valence-corrected chi connectivity index (χ0v) is 13.5. The van der Waals surface area contributed by atoms with Gasteiger partial charge in [-0.25, -0.2) is 4.68 Å². The number of hydrogen-bond donors (Lipinski definition) is 2. The Morgan fingerprint density at radius 3 is 2.61 bits per heavy atom. The number of hydrogen-bond acceptors (Lipinski definition) is 5. The van der Waals surface area contributed by atoms with Gasteiger partial charge in [0, 0.05) is 6.04 Å². The van der Waals surface area contributed by atoms with Crippen LogP contribution in [-0.4, -0.2) is 25.8 Å². The number of para-hydroxylation sites is 1. The minimum atomic E-state index is 0.350. The van der Waals surface area contributed by atoms with Crippen molar-refractivity contribution in [2.75, 3.05) is 10.6 Å². The molecule has 3 aromatic rings. The predicted molar refractivity (Wildman–Crippen MR) is 92.4 cm³/mol. The van der Waals surface area contributed by atoms with E-state index in [2.05, 4.69) is 39.5 Å². The molecule has 2 aromatic heterocycles. The van der Waals surface area contributed by atoms with Crippen molar-refractivity contribution in [3.8, 4) is 5.69 Å². The van der Waals surface area contributed by atoms with Crippen LogP contribution in [0.15, 0.2) is 48.9 Å². The zero-order chi connectivity index (χ0) is 16.2. The molecule has 6 nitrogen and oxygen atoms in total. The van der Waals surface area contributed by atoms with Crippen molar-refractivity contribution in [3.63, 3.8) is 0 Å². The molecule has 0 spiro atoms. The molecule has 0 amide bonds. The zero-order valence-electron chi connectivity index (χ0n) is 13.5. The molecule has 1 aromatic carbocycles. The lowest BCUT2D eigenvalue weighted by Gasteiger charge is -2.12. The number of aromatic nitrogens is 4. The number of anilines is 3. The highest BCUT2D eigenvalue weighted by molar-refractivity contribution is 5.62. The quantitative estimate of drug-likeness (QED) is 0.754. The summed E-state index contributed by atoms with van der Waals surface area (Å²) in [4.78, 5) is 8.72. The summed E-state index contributed by atoms with van der Waals surface area (Å²) in [5, 5.41) is 11.0. The number of pyridine rings is 1. The van der Waals surface area contributed by atoms with Crippen LogP contribution in [0.5, 0.6) is 0 Å². The third kappa shape index (κ3) is 3.66. The van der Waals surface area contributed by atoms with Gasteiger partial charge in [-0.3, -0.25) is 4.98 Å². The standard InChI is InChI=1S/C17H20N6/c1-12(2)20-14-9-16(13(3)18-10-14)21-17-19-11-23(22-17)15-7-5-4-6-8-15/h4-12,20H,1-3H3,(H,21,22). The number of nitrogens with one attached hydrogen (secondary N) is 2. The summed E-state index contributed by atoms with van der Waals surface area (Å²) in [7, 11) is 0. The first kappa shape index (κ1) is 15.0. The average molecular weight is 308 g/mol. The highest BCUT2D eigenvalue weighted by Crippen LogP contribution is 2.21. The van der Waals surface area contributed by atoms with Gasteiger partial charge in [-0.05, 0) is 39.0 Å². The Bertz CT molecular complexity index is 779. The maximum absolute atomic E-state index is 4.45. The first-order chi connectivity index (χ1) is 11.1. The number of nitrogens with zero attached hydrogens (tertiary/aromatic N) is 4. The van der Waals surface area contributed by atoms with Gasteiger partial charge < -0.3 is 10.6 Å². The lowest BCUT2D eigenvalue weighted by molar-refractivity contribution is 0.881. The van der Waals surface area contributed by atoms with Gasteiger partial charge in [-0.2, -0.15) is 4.98 Å². The summed E-state index contributed by atoms with van der Waals surface area (Å²) >= 11 is 0. The minimum Gasteiger partial charge on any atom is -0.382 e. The molecule has 0 aliphatic heterocycles. The second kappa shape index (κ2) is 6.48. The molecule has 2 heterocycles. The molecule has 0 fully saturated rings. The van der Waals surface area contributed by atoms with Crippen molar-refractivity contribution in [2.45, 2.75) is 26.8 Å². The molecule has 0 saturated carbocycles. The summed E-state index contributed by atoms with van der Waals surface area (Å²) in [5.74, 6) is 0.542. The van der Waals surface area contributed by atoms with E-state index in [-0.39, 0.29) is 0 Å². The highest BCUT2D eigenvalue weighted by Gasteiger charge is 2.07. The van der Waals surface area contributed by atoms with Crippen molar-refractivity contribution in [1.29, 1.82) is 0 Å². The molecule has 0 aliphatic carbocycles. The summed E-state index contributed by atoms with van der Waals surface area (Å²) < 4.78 is 1.74. The fourth-order valence-corrected chi connectivity index (χ4v) is 2.22. The Labute approximate surface area is 135 Å². The van der Waals surface area contributed by atoms with E-state index in [0.717, 1.165) is 22.8 Å². The van der Waals surface area contributed by atoms with E-state index in [1.54, 1.807) is 11.0 Å². The van der Waals surface area contributed by atoms with Crippen LogP contribution >= 0.6 is 0 Å². The van der Waals surface area contributed by atoms with Crippen molar-refractivity contribution in [1.82, 2.24) is 19.7 Å². The Morgan fingerprint density at radius 1 is 1.09 bits per heavy atom. The summed E-state index contributed by atoms with van der Waals surface area (Å²) in [5.41, 5.74) is 3.73. The van der Waals surface area contributed by atoms with Gasteiger partial charge in [0.15, 0.2) is 0 Å². The first-order valence-electron chi connectivity index (χ1n) is 7.59. The van der Waals surface area contributed by atoms with Crippen LogP contribution in [0.2, 0.25) is 0 Å². The van der Waals surface area contributed by atoms with Crippen LogP contribution in [-0.2, 0) is 0 Å². The molecule has 6 heteroatoms. The van der Waals surface area contributed by atoms with Crippen molar-refractivity contribution < 1.29 is 0 Å². The van der Waals surface area contributed by atoms with Crippen LogP contribution in [0, 0.1) is 6.92 Å². The SMILES string of the molecule is Cc1ncc(NC(C)C)cc1Nc1ncn(-c2ccccc2)n1. The third-order valence-corrected chi connectivity index (χ3v) is 3.30. The van der Waals surface area contributed by atoms with Crippen LogP contribution in [0.4, 0.5) is 17.3 Å².